The summed E-state index contributed by atoms with van der Waals surface area (Å²) in [5, 5.41) is 15.6. The van der Waals surface area contributed by atoms with Crippen LogP contribution < -0.4 is 5.32 Å². The van der Waals surface area contributed by atoms with Crippen molar-refractivity contribution in [3.05, 3.63) is 42.0 Å². The van der Waals surface area contributed by atoms with E-state index in [0.29, 0.717) is 11.5 Å². The summed E-state index contributed by atoms with van der Waals surface area (Å²) < 4.78 is 0. The van der Waals surface area contributed by atoms with E-state index in [0.717, 1.165) is 36.8 Å². The summed E-state index contributed by atoms with van der Waals surface area (Å²) in [6, 6.07) is 11.6. The summed E-state index contributed by atoms with van der Waals surface area (Å²) in [5.41, 5.74) is 0.422. The van der Waals surface area contributed by atoms with Gasteiger partial charge in [-0.1, -0.05) is 30.3 Å². The van der Waals surface area contributed by atoms with Crippen LogP contribution in [0.1, 0.15) is 23.2 Å². The Morgan fingerprint density at radius 3 is 2.95 bits per heavy atom. The maximum atomic E-state index is 12.9. The molecule has 0 aromatic heterocycles. The smallest absolute Gasteiger partial charge is 0.257 e. The molecule has 2 aliphatic heterocycles. The Bertz CT molecular complexity index is 728. The van der Waals surface area contributed by atoms with Gasteiger partial charge in [-0.2, -0.15) is 0 Å². The van der Waals surface area contributed by atoms with Crippen LogP contribution in [0, 0.1) is 5.92 Å². The largest absolute Gasteiger partial charge is 0.506 e. The molecular formula is C18H20N2O2. The van der Waals surface area contributed by atoms with Crippen LogP contribution in [0.2, 0.25) is 0 Å². The Balaban J connectivity index is 1.72. The van der Waals surface area contributed by atoms with Gasteiger partial charge in [0.2, 0.25) is 0 Å². The molecule has 2 aromatic rings. The lowest BCUT2D eigenvalue weighted by Crippen LogP contribution is -2.48. The highest BCUT2D eigenvalue weighted by Crippen LogP contribution is 2.33. The zero-order valence-electron chi connectivity index (χ0n) is 12.5. The standard InChI is InChI=1S/C18H20N2O2/c21-17-14-6-2-1-4-12(14)7-8-15(17)18(22)20-9-3-5-13-10-19-11-16(13)20/h1-2,4,6-8,13,16,19,21H,3,5,9-11H2/t13-,16+/m0/s1. The van der Waals surface area contributed by atoms with Crippen LogP contribution in [0.25, 0.3) is 10.8 Å². The first-order chi connectivity index (χ1) is 10.8. The van der Waals surface area contributed by atoms with Crippen LogP contribution in [0.15, 0.2) is 36.4 Å². The second kappa shape index (κ2) is 5.29. The van der Waals surface area contributed by atoms with Gasteiger partial charge in [-0.15, -0.1) is 0 Å². The normalized spacial score (nSPS) is 24.5. The number of fused-ring (bicyclic) bond motifs is 2. The molecule has 4 heteroatoms. The summed E-state index contributed by atoms with van der Waals surface area (Å²) in [4.78, 5) is 14.9. The molecule has 22 heavy (non-hydrogen) atoms. The van der Waals surface area contributed by atoms with E-state index in [-0.39, 0.29) is 17.7 Å². The molecule has 1 amide bonds. The predicted molar refractivity (Wildman–Crippen MR) is 86.0 cm³/mol. The van der Waals surface area contributed by atoms with Gasteiger partial charge in [0, 0.05) is 31.1 Å². The fourth-order valence-electron chi connectivity index (χ4n) is 3.90. The van der Waals surface area contributed by atoms with E-state index in [2.05, 4.69) is 5.32 Å². The molecule has 2 N–H and O–H groups in total. The van der Waals surface area contributed by atoms with Crippen molar-refractivity contribution >= 4 is 16.7 Å². The summed E-state index contributed by atoms with van der Waals surface area (Å²) in [5.74, 6) is 0.623. The maximum Gasteiger partial charge on any atom is 0.257 e. The van der Waals surface area contributed by atoms with Gasteiger partial charge < -0.3 is 15.3 Å². The van der Waals surface area contributed by atoms with Gasteiger partial charge in [0.25, 0.3) is 5.91 Å². The van der Waals surface area contributed by atoms with E-state index in [1.165, 1.54) is 6.42 Å². The number of carbonyl (C=O) groups is 1. The summed E-state index contributed by atoms with van der Waals surface area (Å²) in [7, 11) is 0. The third kappa shape index (κ3) is 2.06. The van der Waals surface area contributed by atoms with Crippen molar-refractivity contribution in [3.63, 3.8) is 0 Å². The lowest BCUT2D eigenvalue weighted by Gasteiger charge is -2.37. The van der Waals surface area contributed by atoms with Crippen molar-refractivity contribution in [1.82, 2.24) is 10.2 Å². The maximum absolute atomic E-state index is 12.9. The average Bonchev–Trinajstić information content (AvgIpc) is 3.03. The fourth-order valence-corrected chi connectivity index (χ4v) is 3.90. The Kier molecular flexibility index (Phi) is 3.26. The zero-order chi connectivity index (χ0) is 15.1. The van der Waals surface area contributed by atoms with Crippen molar-refractivity contribution in [3.8, 4) is 5.75 Å². The molecule has 2 heterocycles. The summed E-state index contributed by atoms with van der Waals surface area (Å²) >= 11 is 0. The zero-order valence-corrected chi connectivity index (χ0v) is 12.5. The number of hydrogen-bond donors (Lipinski definition) is 2. The number of amides is 1. The molecule has 2 aromatic carbocycles. The highest BCUT2D eigenvalue weighted by Gasteiger charge is 2.38. The van der Waals surface area contributed by atoms with E-state index >= 15 is 0 Å². The van der Waals surface area contributed by atoms with Gasteiger partial charge >= 0.3 is 0 Å². The monoisotopic (exact) mass is 296 g/mol. The number of phenolic OH excluding ortho intramolecular Hbond substituents is 1. The van der Waals surface area contributed by atoms with Crippen LogP contribution in [0.4, 0.5) is 0 Å². The Morgan fingerprint density at radius 2 is 2.05 bits per heavy atom. The highest BCUT2D eigenvalue weighted by atomic mass is 16.3. The quantitative estimate of drug-likeness (QED) is 0.849. The van der Waals surface area contributed by atoms with Gasteiger partial charge in [0.05, 0.1) is 5.56 Å². The average molecular weight is 296 g/mol. The van der Waals surface area contributed by atoms with Crippen molar-refractivity contribution in [2.45, 2.75) is 18.9 Å². The van der Waals surface area contributed by atoms with E-state index < -0.39 is 0 Å². The number of benzene rings is 2. The summed E-state index contributed by atoms with van der Waals surface area (Å²) in [6.07, 6.45) is 2.23. The molecule has 4 rings (SSSR count). The number of rotatable bonds is 1. The molecule has 2 atom stereocenters. The molecule has 2 saturated heterocycles. The minimum atomic E-state index is -0.0401. The minimum Gasteiger partial charge on any atom is -0.506 e. The first-order valence-corrected chi connectivity index (χ1v) is 7.98. The number of piperidine rings is 1. The Labute approximate surface area is 129 Å². The molecule has 114 valence electrons. The molecule has 0 saturated carbocycles. The highest BCUT2D eigenvalue weighted by molar-refractivity contribution is 6.03. The van der Waals surface area contributed by atoms with E-state index in [1.54, 1.807) is 6.07 Å². The Hall–Kier alpha value is -2.07. The molecule has 0 unspecified atom stereocenters. The first-order valence-electron chi connectivity index (χ1n) is 7.98. The molecule has 0 bridgehead atoms. The van der Waals surface area contributed by atoms with Crippen molar-refractivity contribution in [2.24, 2.45) is 5.92 Å². The Morgan fingerprint density at radius 1 is 1.18 bits per heavy atom. The van der Waals surface area contributed by atoms with E-state index in [9.17, 15) is 9.90 Å². The van der Waals surface area contributed by atoms with Crippen LogP contribution in [0.5, 0.6) is 5.75 Å². The lowest BCUT2D eigenvalue weighted by molar-refractivity contribution is 0.0572. The molecule has 2 aliphatic rings. The lowest BCUT2D eigenvalue weighted by atomic mass is 9.91. The predicted octanol–water partition coefficient (Wildman–Crippen LogP) is 2.37. The molecule has 0 radical (unpaired) electrons. The van der Waals surface area contributed by atoms with Crippen LogP contribution in [0.3, 0.4) is 0 Å². The number of carbonyl (C=O) groups excluding carboxylic acids is 1. The second-order valence-corrected chi connectivity index (χ2v) is 6.31. The van der Waals surface area contributed by atoms with Gasteiger partial charge in [-0.05, 0) is 30.2 Å². The van der Waals surface area contributed by atoms with E-state index in [4.69, 9.17) is 0 Å². The number of likely N-dealkylation sites (tertiary alicyclic amines) is 1. The number of aromatic hydroxyl groups is 1. The van der Waals surface area contributed by atoms with Crippen molar-refractivity contribution in [2.75, 3.05) is 19.6 Å². The number of hydrogen-bond acceptors (Lipinski definition) is 3. The van der Waals surface area contributed by atoms with Crippen LogP contribution in [-0.2, 0) is 0 Å². The minimum absolute atomic E-state index is 0.0401. The molecule has 4 nitrogen and oxygen atoms in total. The number of nitrogens with zero attached hydrogens (tertiary/aromatic N) is 1. The molecule has 0 aliphatic carbocycles. The van der Waals surface area contributed by atoms with Crippen molar-refractivity contribution < 1.29 is 9.90 Å². The number of phenols is 1. The third-order valence-electron chi connectivity index (χ3n) is 5.07. The molecule has 2 fully saturated rings. The number of nitrogens with one attached hydrogen (secondary N) is 1. The topological polar surface area (TPSA) is 52.6 Å². The van der Waals surface area contributed by atoms with Crippen molar-refractivity contribution in [1.29, 1.82) is 0 Å². The first kappa shape index (κ1) is 13.6. The second-order valence-electron chi connectivity index (χ2n) is 6.31. The summed E-state index contributed by atoms with van der Waals surface area (Å²) in [6.45, 7) is 2.65. The van der Waals surface area contributed by atoms with Gasteiger partial charge in [-0.25, -0.2) is 0 Å². The third-order valence-corrected chi connectivity index (χ3v) is 5.07. The van der Waals surface area contributed by atoms with Gasteiger partial charge in [0.15, 0.2) is 0 Å². The SMILES string of the molecule is O=C(c1ccc2ccccc2c1O)N1CCC[C@H]2CNC[C@H]21. The van der Waals surface area contributed by atoms with Crippen LogP contribution in [-0.4, -0.2) is 41.6 Å². The van der Waals surface area contributed by atoms with E-state index in [1.807, 2.05) is 35.2 Å². The molecular weight excluding hydrogens is 276 g/mol. The fraction of sp³-hybridized carbons (Fsp3) is 0.389. The van der Waals surface area contributed by atoms with Gasteiger partial charge in [0.1, 0.15) is 5.75 Å². The molecule has 0 spiro atoms. The van der Waals surface area contributed by atoms with Gasteiger partial charge in [-0.3, -0.25) is 4.79 Å². The van der Waals surface area contributed by atoms with Crippen LogP contribution >= 0.6 is 0 Å².